The molecule has 1 aromatic heterocycles. The maximum atomic E-state index is 6.09. The molecule has 0 amide bonds. The van der Waals surface area contributed by atoms with E-state index in [9.17, 15) is 0 Å². The molecule has 0 aliphatic heterocycles. The van der Waals surface area contributed by atoms with Gasteiger partial charge < -0.3 is 10.5 Å². The van der Waals surface area contributed by atoms with Gasteiger partial charge in [-0.2, -0.15) is 0 Å². The first-order chi connectivity index (χ1) is 9.60. The number of nitrogens with two attached hydrogens (primary N) is 1. The first-order valence-corrected chi connectivity index (χ1v) is 6.98. The zero-order chi connectivity index (χ0) is 14.3. The minimum Gasteiger partial charge on any atom is -0.495 e. The maximum absolute atomic E-state index is 6.09. The number of anilines is 1. The van der Waals surface area contributed by atoms with Crippen molar-refractivity contribution in [2.75, 3.05) is 12.8 Å². The summed E-state index contributed by atoms with van der Waals surface area (Å²) in [7, 11) is 1.65. The van der Waals surface area contributed by atoms with Gasteiger partial charge in [0, 0.05) is 4.47 Å². The maximum Gasteiger partial charge on any atom is 0.206 e. The number of benzene rings is 2. The van der Waals surface area contributed by atoms with Gasteiger partial charge in [-0.3, -0.25) is 4.57 Å². The van der Waals surface area contributed by atoms with Crippen LogP contribution in [0.15, 0.2) is 40.9 Å². The predicted molar refractivity (Wildman–Crippen MR) is 84.5 cm³/mol. The fourth-order valence-electron chi connectivity index (χ4n) is 2.29. The van der Waals surface area contributed by atoms with Gasteiger partial charge in [0.05, 0.1) is 23.8 Å². The van der Waals surface area contributed by atoms with E-state index in [0.29, 0.717) is 5.95 Å². The van der Waals surface area contributed by atoms with Gasteiger partial charge >= 0.3 is 0 Å². The highest BCUT2D eigenvalue weighted by Gasteiger charge is 2.14. The Hall–Kier alpha value is -2.01. The molecule has 0 aliphatic rings. The molecule has 0 fully saturated rings. The third-order valence-corrected chi connectivity index (χ3v) is 3.71. The van der Waals surface area contributed by atoms with Gasteiger partial charge in [0.15, 0.2) is 0 Å². The number of halogens is 1. The van der Waals surface area contributed by atoms with E-state index in [1.165, 1.54) is 0 Å². The molecule has 4 nitrogen and oxygen atoms in total. The lowest BCUT2D eigenvalue weighted by Gasteiger charge is -2.12. The van der Waals surface area contributed by atoms with Crippen LogP contribution in [0.2, 0.25) is 0 Å². The second-order valence-electron chi connectivity index (χ2n) is 4.61. The van der Waals surface area contributed by atoms with Crippen LogP contribution in [0.25, 0.3) is 16.7 Å². The van der Waals surface area contributed by atoms with E-state index >= 15 is 0 Å². The predicted octanol–water partition coefficient (Wildman–Crippen LogP) is 3.69. The summed E-state index contributed by atoms with van der Waals surface area (Å²) in [4.78, 5) is 4.40. The van der Waals surface area contributed by atoms with Gasteiger partial charge in [-0.1, -0.05) is 22.0 Å². The number of hydrogen-bond acceptors (Lipinski definition) is 3. The number of methoxy groups -OCH3 is 1. The van der Waals surface area contributed by atoms with Gasteiger partial charge in [-0.15, -0.1) is 0 Å². The van der Waals surface area contributed by atoms with Gasteiger partial charge in [-0.05, 0) is 42.8 Å². The number of ether oxygens (including phenoxy) is 1. The quantitative estimate of drug-likeness (QED) is 0.779. The molecule has 2 N–H and O–H groups in total. The summed E-state index contributed by atoms with van der Waals surface area (Å²) in [5, 5.41) is 0. The van der Waals surface area contributed by atoms with Crippen molar-refractivity contribution < 1.29 is 4.74 Å². The van der Waals surface area contributed by atoms with Crippen molar-refractivity contribution in [2.24, 2.45) is 0 Å². The number of imidazole rings is 1. The molecule has 0 saturated heterocycles. The molecular weight excluding hydrogens is 318 g/mol. The van der Waals surface area contributed by atoms with Crippen LogP contribution in [0, 0.1) is 6.92 Å². The number of rotatable bonds is 2. The molecule has 3 rings (SSSR count). The Bertz CT molecular complexity index is 795. The van der Waals surface area contributed by atoms with Gasteiger partial charge in [0.25, 0.3) is 0 Å². The Morgan fingerprint density at radius 2 is 2.00 bits per heavy atom. The van der Waals surface area contributed by atoms with Crippen LogP contribution in [-0.4, -0.2) is 16.7 Å². The van der Waals surface area contributed by atoms with Crippen molar-refractivity contribution >= 4 is 32.9 Å². The molecule has 0 radical (unpaired) electrons. The van der Waals surface area contributed by atoms with Crippen molar-refractivity contribution in [3.63, 3.8) is 0 Å². The number of fused-ring (bicyclic) bond motifs is 1. The van der Waals surface area contributed by atoms with E-state index in [1.807, 2.05) is 47.9 Å². The van der Waals surface area contributed by atoms with Crippen LogP contribution in [0.4, 0.5) is 5.95 Å². The second-order valence-corrected chi connectivity index (χ2v) is 5.53. The molecule has 0 atom stereocenters. The Morgan fingerprint density at radius 3 is 2.75 bits per heavy atom. The molecule has 2 aromatic carbocycles. The summed E-state index contributed by atoms with van der Waals surface area (Å²) in [6, 6.07) is 11.9. The molecule has 1 heterocycles. The fraction of sp³-hybridized carbons (Fsp3) is 0.133. The highest BCUT2D eigenvalue weighted by atomic mass is 79.9. The molecule has 0 spiro atoms. The van der Waals surface area contributed by atoms with Crippen molar-refractivity contribution in [2.45, 2.75) is 6.92 Å². The van der Waals surface area contributed by atoms with E-state index in [2.05, 4.69) is 20.9 Å². The summed E-state index contributed by atoms with van der Waals surface area (Å²) in [5.41, 5.74) is 9.92. The molecule has 0 unspecified atom stereocenters. The number of aryl methyl sites for hydroxylation is 1. The van der Waals surface area contributed by atoms with E-state index in [0.717, 1.165) is 32.5 Å². The van der Waals surface area contributed by atoms with Crippen LogP contribution in [0.5, 0.6) is 5.75 Å². The van der Waals surface area contributed by atoms with Crippen molar-refractivity contribution in [1.29, 1.82) is 0 Å². The molecule has 20 heavy (non-hydrogen) atoms. The molecule has 102 valence electrons. The van der Waals surface area contributed by atoms with E-state index in [-0.39, 0.29) is 0 Å². The summed E-state index contributed by atoms with van der Waals surface area (Å²) in [6.45, 7) is 2.04. The Labute approximate surface area is 125 Å². The average Bonchev–Trinajstić information content (AvgIpc) is 2.74. The molecule has 0 aliphatic carbocycles. The lowest BCUT2D eigenvalue weighted by molar-refractivity contribution is 0.413. The standard InChI is InChI=1S/C15H14BrN3O/c1-9-3-6-14(20-2)13(7-9)19-12-8-10(16)4-5-11(12)18-15(19)17/h3-8H,1-2H3,(H2,17,18). The minimum absolute atomic E-state index is 0.446. The number of aromatic nitrogens is 2. The van der Waals surface area contributed by atoms with Crippen LogP contribution in [-0.2, 0) is 0 Å². The monoisotopic (exact) mass is 331 g/mol. The lowest BCUT2D eigenvalue weighted by atomic mass is 10.2. The molecule has 5 heteroatoms. The minimum atomic E-state index is 0.446. The molecule has 0 saturated carbocycles. The third-order valence-electron chi connectivity index (χ3n) is 3.22. The largest absolute Gasteiger partial charge is 0.495 e. The van der Waals surface area contributed by atoms with Gasteiger partial charge in [0.1, 0.15) is 5.75 Å². The lowest BCUT2D eigenvalue weighted by Crippen LogP contribution is -2.03. The molecular formula is C15H14BrN3O. The van der Waals surface area contributed by atoms with Crippen LogP contribution in [0.3, 0.4) is 0 Å². The number of hydrogen-bond donors (Lipinski definition) is 1. The highest BCUT2D eigenvalue weighted by molar-refractivity contribution is 9.10. The summed E-state index contributed by atoms with van der Waals surface area (Å²) >= 11 is 3.49. The van der Waals surface area contributed by atoms with E-state index in [1.54, 1.807) is 7.11 Å². The zero-order valence-electron chi connectivity index (χ0n) is 11.2. The summed E-state index contributed by atoms with van der Waals surface area (Å²) in [6.07, 6.45) is 0. The van der Waals surface area contributed by atoms with Crippen LogP contribution < -0.4 is 10.5 Å². The smallest absolute Gasteiger partial charge is 0.206 e. The van der Waals surface area contributed by atoms with Gasteiger partial charge in [-0.25, -0.2) is 4.98 Å². The van der Waals surface area contributed by atoms with Crippen molar-refractivity contribution in [1.82, 2.24) is 9.55 Å². The fourth-order valence-corrected chi connectivity index (χ4v) is 2.64. The molecule has 3 aromatic rings. The van der Waals surface area contributed by atoms with Crippen molar-refractivity contribution in [3.8, 4) is 11.4 Å². The molecule has 0 bridgehead atoms. The van der Waals surface area contributed by atoms with Gasteiger partial charge in [0.2, 0.25) is 5.95 Å². The van der Waals surface area contributed by atoms with Crippen molar-refractivity contribution in [3.05, 3.63) is 46.4 Å². The SMILES string of the molecule is COc1ccc(C)cc1-n1c(N)nc2ccc(Br)cc21. The topological polar surface area (TPSA) is 53.1 Å². The number of nitrogens with zero attached hydrogens (tertiary/aromatic N) is 2. The number of nitrogen functional groups attached to an aromatic ring is 1. The normalized spacial score (nSPS) is 10.9. The Balaban J connectivity index is 2.37. The second kappa shape index (κ2) is 4.83. The van der Waals surface area contributed by atoms with E-state index in [4.69, 9.17) is 10.5 Å². The van der Waals surface area contributed by atoms with Crippen LogP contribution >= 0.6 is 15.9 Å². The van der Waals surface area contributed by atoms with E-state index < -0.39 is 0 Å². The first-order valence-electron chi connectivity index (χ1n) is 6.18. The Morgan fingerprint density at radius 1 is 1.20 bits per heavy atom. The highest BCUT2D eigenvalue weighted by Crippen LogP contribution is 2.31. The summed E-state index contributed by atoms with van der Waals surface area (Å²) < 4.78 is 8.34. The average molecular weight is 332 g/mol. The Kier molecular flexibility index (Phi) is 3.14. The summed E-state index contributed by atoms with van der Waals surface area (Å²) in [5.74, 6) is 1.21. The first kappa shape index (κ1) is 13.0. The van der Waals surface area contributed by atoms with Crippen LogP contribution in [0.1, 0.15) is 5.56 Å². The zero-order valence-corrected chi connectivity index (χ0v) is 12.8. The third kappa shape index (κ3) is 2.04.